The van der Waals surface area contributed by atoms with Gasteiger partial charge in [-0.05, 0) is 48.2 Å². The summed E-state index contributed by atoms with van der Waals surface area (Å²) >= 11 is 1.74. The fourth-order valence-corrected chi connectivity index (χ4v) is 2.26. The first-order valence-electron chi connectivity index (χ1n) is 5.74. The molecule has 0 unspecified atom stereocenters. The number of oxime groups is 1. The van der Waals surface area contributed by atoms with Gasteiger partial charge in [0.05, 0.1) is 12.3 Å². The molecule has 2 rings (SSSR count). The van der Waals surface area contributed by atoms with E-state index in [9.17, 15) is 0 Å². The van der Waals surface area contributed by atoms with Crippen LogP contribution >= 0.6 is 11.3 Å². The maximum absolute atomic E-state index is 8.66. The summed E-state index contributed by atoms with van der Waals surface area (Å²) in [7, 11) is 0. The second kappa shape index (κ2) is 6.21. The van der Waals surface area contributed by atoms with Crippen molar-refractivity contribution >= 4 is 17.0 Å². The van der Waals surface area contributed by atoms with E-state index < -0.39 is 0 Å². The summed E-state index contributed by atoms with van der Waals surface area (Å²) in [5.41, 5.74) is 1.49. The molecule has 1 N–H and O–H groups in total. The third-order valence-corrected chi connectivity index (χ3v) is 3.56. The molecule has 1 aromatic heterocycles. The minimum absolute atomic E-state index is 0.597. The lowest BCUT2D eigenvalue weighted by atomic mass is 10.1. The maximum Gasteiger partial charge on any atom is 0.119 e. The summed E-state index contributed by atoms with van der Waals surface area (Å²) in [5.74, 6) is 0.834. The summed E-state index contributed by atoms with van der Waals surface area (Å²) in [6.45, 7) is 2.43. The van der Waals surface area contributed by atoms with Crippen molar-refractivity contribution in [1.29, 1.82) is 0 Å². The Morgan fingerprint density at radius 2 is 2.06 bits per heavy atom. The van der Waals surface area contributed by atoms with Crippen molar-refractivity contribution in [3.63, 3.8) is 0 Å². The zero-order valence-electron chi connectivity index (χ0n) is 10.2. The van der Waals surface area contributed by atoms with Gasteiger partial charge < -0.3 is 9.94 Å². The van der Waals surface area contributed by atoms with E-state index in [0.717, 1.165) is 17.7 Å². The van der Waals surface area contributed by atoms with Crippen LogP contribution < -0.4 is 4.74 Å². The molecule has 0 atom stereocenters. The minimum Gasteiger partial charge on any atom is -0.493 e. The van der Waals surface area contributed by atoms with Crippen LogP contribution in [0.5, 0.6) is 5.75 Å². The Morgan fingerprint density at radius 1 is 1.28 bits per heavy atom. The van der Waals surface area contributed by atoms with Gasteiger partial charge in [0.25, 0.3) is 0 Å². The third kappa shape index (κ3) is 3.34. The predicted molar refractivity (Wildman–Crippen MR) is 74.0 cm³/mol. The lowest BCUT2D eigenvalue weighted by molar-refractivity contribution is 0.318. The largest absolute Gasteiger partial charge is 0.493 e. The molecule has 2 aromatic rings. The number of nitrogens with zero attached hydrogens (tertiary/aromatic N) is 1. The van der Waals surface area contributed by atoms with Crippen molar-refractivity contribution < 1.29 is 9.94 Å². The van der Waals surface area contributed by atoms with E-state index >= 15 is 0 Å². The van der Waals surface area contributed by atoms with Crippen molar-refractivity contribution in [3.05, 3.63) is 52.2 Å². The Bertz CT molecular complexity index is 503. The molecule has 94 valence electrons. The molecule has 4 heteroatoms. The van der Waals surface area contributed by atoms with Crippen molar-refractivity contribution in [1.82, 2.24) is 0 Å². The van der Waals surface area contributed by atoms with E-state index in [1.807, 2.05) is 30.3 Å². The second-order valence-electron chi connectivity index (χ2n) is 3.89. The molecule has 0 radical (unpaired) electrons. The number of ether oxygens (including phenoxy) is 1. The molecule has 0 aliphatic carbocycles. The predicted octanol–water partition coefficient (Wildman–Crippen LogP) is 3.57. The zero-order chi connectivity index (χ0) is 12.8. The van der Waals surface area contributed by atoms with E-state index in [0.29, 0.717) is 12.3 Å². The van der Waals surface area contributed by atoms with E-state index in [2.05, 4.69) is 16.6 Å². The van der Waals surface area contributed by atoms with Crippen LogP contribution in [-0.2, 0) is 6.42 Å². The molecule has 3 nitrogen and oxygen atoms in total. The Kier molecular flexibility index (Phi) is 4.36. The highest BCUT2D eigenvalue weighted by molar-refractivity contribution is 7.09. The molecular formula is C14H15NO2S. The van der Waals surface area contributed by atoms with E-state index in [1.54, 1.807) is 18.3 Å². The minimum atomic E-state index is 0.597. The normalized spacial score (nSPS) is 11.5. The van der Waals surface area contributed by atoms with Crippen molar-refractivity contribution in [3.8, 4) is 5.75 Å². The smallest absolute Gasteiger partial charge is 0.119 e. The summed E-state index contributed by atoms with van der Waals surface area (Å²) in [5, 5.41) is 13.9. The molecule has 0 fully saturated rings. The number of thiophene rings is 1. The molecule has 0 aliphatic heterocycles. The Hall–Kier alpha value is -1.81. The highest BCUT2D eigenvalue weighted by atomic mass is 32.1. The van der Waals surface area contributed by atoms with Crippen molar-refractivity contribution in [2.24, 2.45) is 5.16 Å². The molecule has 0 aliphatic rings. The molecule has 1 aromatic carbocycles. The van der Waals surface area contributed by atoms with E-state index in [-0.39, 0.29) is 0 Å². The maximum atomic E-state index is 8.66. The lowest BCUT2D eigenvalue weighted by Gasteiger charge is -2.06. The van der Waals surface area contributed by atoms with Gasteiger partial charge in [-0.3, -0.25) is 0 Å². The monoisotopic (exact) mass is 261 g/mol. The number of benzene rings is 1. The number of hydrogen-bond donors (Lipinski definition) is 1. The standard InChI is InChI=1S/C14H15NO2S/c1-11(15-16)12-4-6-13(7-5-12)17-9-8-14-3-2-10-18-14/h2-7,10,16H,8-9H2,1H3. The molecule has 0 spiro atoms. The van der Waals surface area contributed by atoms with Crippen LogP contribution in [-0.4, -0.2) is 17.5 Å². The second-order valence-corrected chi connectivity index (χ2v) is 4.92. The fourth-order valence-electron chi connectivity index (χ4n) is 1.57. The summed E-state index contributed by atoms with van der Waals surface area (Å²) in [6.07, 6.45) is 0.927. The molecule has 0 amide bonds. The zero-order valence-corrected chi connectivity index (χ0v) is 11.0. The van der Waals surface area contributed by atoms with E-state index in [4.69, 9.17) is 9.94 Å². The topological polar surface area (TPSA) is 41.8 Å². The summed E-state index contributed by atoms with van der Waals surface area (Å²) in [4.78, 5) is 1.33. The number of rotatable bonds is 5. The summed E-state index contributed by atoms with van der Waals surface area (Å²) in [6, 6.07) is 11.7. The Morgan fingerprint density at radius 3 is 2.67 bits per heavy atom. The van der Waals surface area contributed by atoms with Gasteiger partial charge in [0, 0.05) is 11.3 Å². The van der Waals surface area contributed by atoms with Crippen LogP contribution in [0.4, 0.5) is 0 Å². The van der Waals surface area contributed by atoms with Crippen LogP contribution in [0, 0.1) is 0 Å². The van der Waals surface area contributed by atoms with Crippen LogP contribution in [0.3, 0.4) is 0 Å². The van der Waals surface area contributed by atoms with Crippen LogP contribution in [0.1, 0.15) is 17.4 Å². The van der Waals surface area contributed by atoms with Gasteiger partial charge in [-0.2, -0.15) is 0 Å². The van der Waals surface area contributed by atoms with Crippen LogP contribution in [0.2, 0.25) is 0 Å². The molecule has 18 heavy (non-hydrogen) atoms. The first-order valence-corrected chi connectivity index (χ1v) is 6.62. The fraction of sp³-hybridized carbons (Fsp3) is 0.214. The third-order valence-electron chi connectivity index (χ3n) is 2.62. The Balaban J connectivity index is 1.87. The molecule has 1 heterocycles. The van der Waals surface area contributed by atoms with E-state index in [1.165, 1.54) is 4.88 Å². The van der Waals surface area contributed by atoms with Gasteiger partial charge in [0.15, 0.2) is 0 Å². The highest BCUT2D eigenvalue weighted by Gasteiger charge is 1.99. The highest BCUT2D eigenvalue weighted by Crippen LogP contribution is 2.14. The quantitative estimate of drug-likeness (QED) is 0.508. The van der Waals surface area contributed by atoms with Gasteiger partial charge in [-0.25, -0.2) is 0 Å². The van der Waals surface area contributed by atoms with Crippen LogP contribution in [0.25, 0.3) is 0 Å². The average Bonchev–Trinajstić information content (AvgIpc) is 2.92. The molecular weight excluding hydrogens is 246 g/mol. The molecule has 0 saturated carbocycles. The van der Waals surface area contributed by atoms with Gasteiger partial charge in [0.2, 0.25) is 0 Å². The Labute approximate surface area is 110 Å². The number of hydrogen-bond acceptors (Lipinski definition) is 4. The lowest BCUT2D eigenvalue weighted by Crippen LogP contribution is -2.00. The first-order chi connectivity index (χ1) is 8.79. The van der Waals surface area contributed by atoms with Gasteiger partial charge in [-0.15, -0.1) is 11.3 Å². The van der Waals surface area contributed by atoms with Crippen molar-refractivity contribution in [2.45, 2.75) is 13.3 Å². The van der Waals surface area contributed by atoms with Crippen molar-refractivity contribution in [2.75, 3.05) is 6.61 Å². The first kappa shape index (κ1) is 12.6. The molecule has 0 bridgehead atoms. The SMILES string of the molecule is CC(=NO)c1ccc(OCCc2cccs2)cc1. The summed E-state index contributed by atoms with van der Waals surface area (Å²) < 4.78 is 5.65. The van der Waals surface area contributed by atoms with Gasteiger partial charge >= 0.3 is 0 Å². The molecule has 0 saturated heterocycles. The van der Waals surface area contributed by atoms with Crippen LogP contribution in [0.15, 0.2) is 46.9 Å². The van der Waals surface area contributed by atoms with Gasteiger partial charge in [0.1, 0.15) is 5.75 Å². The average molecular weight is 261 g/mol. The van der Waals surface area contributed by atoms with Gasteiger partial charge in [-0.1, -0.05) is 11.2 Å².